The van der Waals surface area contributed by atoms with Crippen LogP contribution < -0.4 is 5.32 Å². The fraction of sp³-hybridized carbons (Fsp3) is 0.333. The molecule has 1 atom stereocenters. The molecule has 1 fully saturated rings. The van der Waals surface area contributed by atoms with Gasteiger partial charge in [-0.15, -0.1) is 0 Å². The van der Waals surface area contributed by atoms with Crippen LogP contribution in [0.25, 0.3) is 0 Å². The Labute approximate surface area is 107 Å². The topological polar surface area (TPSA) is 49.4 Å². The number of nitrogens with one attached hydrogen (secondary N) is 1. The summed E-state index contributed by atoms with van der Waals surface area (Å²) in [7, 11) is 1.31. The smallest absolute Gasteiger partial charge is 0.319 e. The van der Waals surface area contributed by atoms with Gasteiger partial charge in [-0.05, 0) is 24.6 Å². The van der Waals surface area contributed by atoms with Crippen molar-refractivity contribution in [2.24, 2.45) is 0 Å². The highest BCUT2D eigenvalue weighted by atomic mass is 19.4. The van der Waals surface area contributed by atoms with Gasteiger partial charge < -0.3 is 5.32 Å². The summed E-state index contributed by atoms with van der Waals surface area (Å²) >= 11 is 0. The van der Waals surface area contributed by atoms with Gasteiger partial charge >= 0.3 is 12.2 Å². The van der Waals surface area contributed by atoms with Crippen molar-refractivity contribution >= 4 is 11.9 Å². The fourth-order valence-electron chi connectivity index (χ4n) is 1.97. The van der Waals surface area contributed by atoms with Crippen molar-refractivity contribution in [1.82, 2.24) is 10.2 Å². The van der Waals surface area contributed by atoms with E-state index in [4.69, 9.17) is 0 Å². The number of rotatable bonds is 1. The van der Waals surface area contributed by atoms with E-state index in [1.54, 1.807) is 0 Å². The van der Waals surface area contributed by atoms with Crippen molar-refractivity contribution in [2.75, 3.05) is 7.05 Å². The van der Waals surface area contributed by atoms with Gasteiger partial charge in [0.25, 0.3) is 5.91 Å². The molecule has 4 nitrogen and oxygen atoms in total. The molecule has 1 aromatic rings. The average molecular weight is 272 g/mol. The van der Waals surface area contributed by atoms with Gasteiger partial charge in [0, 0.05) is 7.05 Å². The molecule has 102 valence electrons. The number of imide groups is 1. The minimum Gasteiger partial charge on any atom is -0.319 e. The van der Waals surface area contributed by atoms with Crippen LogP contribution >= 0.6 is 0 Å². The monoisotopic (exact) mass is 272 g/mol. The number of halogens is 3. The van der Waals surface area contributed by atoms with E-state index in [1.165, 1.54) is 26.1 Å². The number of likely N-dealkylation sites (N-methyl/N-ethyl adjacent to an activating group) is 1. The molecule has 3 amide bonds. The predicted octanol–water partition coefficient (Wildman–Crippen LogP) is 2.10. The average Bonchev–Trinajstić information content (AvgIpc) is 2.54. The molecule has 1 saturated heterocycles. The molecule has 0 radical (unpaired) electrons. The Morgan fingerprint density at radius 2 is 1.68 bits per heavy atom. The van der Waals surface area contributed by atoms with Gasteiger partial charge in [-0.25, -0.2) is 4.79 Å². The van der Waals surface area contributed by atoms with Gasteiger partial charge in [-0.3, -0.25) is 9.69 Å². The molecule has 0 saturated carbocycles. The molecule has 0 aromatic heterocycles. The molecule has 0 bridgehead atoms. The number of nitrogens with zero attached hydrogens (tertiary/aromatic N) is 1. The minimum atomic E-state index is -4.43. The van der Waals surface area contributed by atoms with E-state index in [-0.39, 0.29) is 0 Å². The van der Waals surface area contributed by atoms with Gasteiger partial charge in [0.2, 0.25) is 0 Å². The summed E-state index contributed by atoms with van der Waals surface area (Å²) in [5.74, 6) is -0.503. The third-order valence-corrected chi connectivity index (χ3v) is 3.18. The number of carbonyl (C=O) groups is 2. The van der Waals surface area contributed by atoms with Crippen molar-refractivity contribution in [3.05, 3.63) is 35.4 Å². The van der Waals surface area contributed by atoms with Gasteiger partial charge in [0.05, 0.1) is 5.56 Å². The van der Waals surface area contributed by atoms with Crippen molar-refractivity contribution in [1.29, 1.82) is 0 Å². The predicted molar refractivity (Wildman–Crippen MR) is 60.1 cm³/mol. The maximum Gasteiger partial charge on any atom is 0.416 e. The first-order chi connectivity index (χ1) is 8.66. The molecule has 1 aliphatic rings. The molecule has 7 heteroatoms. The molecule has 1 N–H and O–H groups in total. The molecular formula is C12H11F3N2O2. The lowest BCUT2D eigenvalue weighted by molar-refractivity contribution is -0.137. The Hall–Kier alpha value is -2.05. The van der Waals surface area contributed by atoms with Crippen LogP contribution in [-0.2, 0) is 16.5 Å². The number of hydrogen-bond donors (Lipinski definition) is 1. The Morgan fingerprint density at radius 3 is 2.05 bits per heavy atom. The quantitative estimate of drug-likeness (QED) is 0.796. The van der Waals surface area contributed by atoms with Crippen LogP contribution in [0.3, 0.4) is 0 Å². The van der Waals surface area contributed by atoms with Crippen LogP contribution in [0.15, 0.2) is 24.3 Å². The van der Waals surface area contributed by atoms with E-state index in [2.05, 4.69) is 5.32 Å². The summed E-state index contributed by atoms with van der Waals surface area (Å²) in [5, 5.41) is 2.46. The maximum absolute atomic E-state index is 12.4. The van der Waals surface area contributed by atoms with Gasteiger partial charge in [0.1, 0.15) is 5.54 Å². The summed E-state index contributed by atoms with van der Waals surface area (Å²) in [5.41, 5.74) is -1.82. The lowest BCUT2D eigenvalue weighted by Crippen LogP contribution is -2.40. The highest BCUT2D eigenvalue weighted by molar-refractivity contribution is 6.06. The first kappa shape index (κ1) is 13.4. The van der Waals surface area contributed by atoms with Crippen molar-refractivity contribution in [2.45, 2.75) is 18.6 Å². The normalized spacial score (nSPS) is 23.7. The van der Waals surface area contributed by atoms with Crippen LogP contribution in [0.4, 0.5) is 18.0 Å². The van der Waals surface area contributed by atoms with E-state index < -0.39 is 29.2 Å². The molecule has 0 aliphatic carbocycles. The highest BCUT2D eigenvalue weighted by Crippen LogP contribution is 2.32. The van der Waals surface area contributed by atoms with E-state index in [1.807, 2.05) is 0 Å². The lowest BCUT2D eigenvalue weighted by Gasteiger charge is -2.22. The Balaban J connectivity index is 2.38. The third kappa shape index (κ3) is 2.05. The minimum absolute atomic E-state index is 0.309. The summed E-state index contributed by atoms with van der Waals surface area (Å²) < 4.78 is 37.3. The van der Waals surface area contributed by atoms with E-state index >= 15 is 0 Å². The van der Waals surface area contributed by atoms with E-state index in [0.29, 0.717) is 5.56 Å². The number of alkyl halides is 3. The van der Waals surface area contributed by atoms with Crippen LogP contribution in [0.2, 0.25) is 0 Å². The number of carbonyl (C=O) groups excluding carboxylic acids is 2. The Kier molecular flexibility index (Phi) is 2.80. The second kappa shape index (κ2) is 3.97. The second-order valence-corrected chi connectivity index (χ2v) is 4.49. The van der Waals surface area contributed by atoms with Crippen molar-refractivity contribution in [3.8, 4) is 0 Å². The second-order valence-electron chi connectivity index (χ2n) is 4.49. The maximum atomic E-state index is 12.4. The SMILES string of the molecule is CN1C(=O)N[C@@](C)(c2ccc(C(F)(F)F)cc2)C1=O. The number of amides is 3. The number of urea groups is 1. The zero-order valence-corrected chi connectivity index (χ0v) is 10.2. The van der Waals surface area contributed by atoms with Crippen LogP contribution in [0.1, 0.15) is 18.1 Å². The van der Waals surface area contributed by atoms with Crippen LogP contribution in [-0.4, -0.2) is 23.9 Å². The summed E-state index contributed by atoms with van der Waals surface area (Å²) in [4.78, 5) is 24.3. The van der Waals surface area contributed by atoms with Crippen LogP contribution in [0, 0.1) is 0 Å². The van der Waals surface area contributed by atoms with Gasteiger partial charge in [-0.2, -0.15) is 13.2 Å². The fourth-order valence-corrected chi connectivity index (χ4v) is 1.97. The zero-order valence-electron chi connectivity index (χ0n) is 10.2. The number of benzene rings is 1. The van der Waals surface area contributed by atoms with Gasteiger partial charge in [-0.1, -0.05) is 12.1 Å². The Bertz CT molecular complexity index is 539. The summed E-state index contributed by atoms with van der Waals surface area (Å²) in [6, 6.07) is 3.59. The molecular weight excluding hydrogens is 261 g/mol. The summed E-state index contributed by atoms with van der Waals surface area (Å²) in [6.45, 7) is 1.46. The molecule has 2 rings (SSSR count). The largest absolute Gasteiger partial charge is 0.416 e. The van der Waals surface area contributed by atoms with E-state index in [9.17, 15) is 22.8 Å². The van der Waals surface area contributed by atoms with Gasteiger partial charge in [0.15, 0.2) is 0 Å². The van der Waals surface area contributed by atoms with Crippen LogP contribution in [0.5, 0.6) is 0 Å². The molecule has 1 heterocycles. The molecule has 0 spiro atoms. The first-order valence-electron chi connectivity index (χ1n) is 5.44. The Morgan fingerprint density at radius 1 is 1.16 bits per heavy atom. The molecule has 19 heavy (non-hydrogen) atoms. The lowest BCUT2D eigenvalue weighted by atomic mass is 9.91. The third-order valence-electron chi connectivity index (χ3n) is 3.18. The standard InChI is InChI=1S/C12H11F3N2O2/c1-11(9(18)17(2)10(19)16-11)7-3-5-8(6-4-7)12(13,14)15/h3-6H,1-2H3,(H,16,19)/t11-/m0/s1. The molecule has 1 aromatic carbocycles. The van der Waals surface area contributed by atoms with E-state index in [0.717, 1.165) is 17.0 Å². The first-order valence-corrected chi connectivity index (χ1v) is 5.44. The summed E-state index contributed by atoms with van der Waals surface area (Å²) in [6.07, 6.45) is -4.43. The zero-order chi connectivity index (χ0) is 14.4. The number of hydrogen-bond acceptors (Lipinski definition) is 2. The molecule has 0 unspecified atom stereocenters. The highest BCUT2D eigenvalue weighted by Gasteiger charge is 2.47. The molecule has 1 aliphatic heterocycles. The van der Waals surface area contributed by atoms with Crippen molar-refractivity contribution in [3.63, 3.8) is 0 Å². The van der Waals surface area contributed by atoms with Crippen molar-refractivity contribution < 1.29 is 22.8 Å².